The van der Waals surface area contributed by atoms with E-state index in [1.165, 1.54) is 6.07 Å². The second-order valence-electron chi connectivity index (χ2n) is 5.42. The van der Waals surface area contributed by atoms with Gasteiger partial charge in [-0.1, -0.05) is 0 Å². The van der Waals surface area contributed by atoms with Gasteiger partial charge < -0.3 is 15.1 Å². The van der Waals surface area contributed by atoms with Crippen LogP contribution in [0.1, 0.15) is 5.56 Å². The summed E-state index contributed by atoms with van der Waals surface area (Å²) in [5.41, 5.74) is -0.772. The Labute approximate surface area is 127 Å². The smallest absolute Gasteiger partial charge is 0.359 e. The second kappa shape index (κ2) is 6.51. The number of anilines is 1. The monoisotopic (exact) mass is 316 g/mol. The number of aromatic nitrogens is 1. The quantitative estimate of drug-likeness (QED) is 0.891. The lowest BCUT2D eigenvalue weighted by atomic mass is 10.1. The fourth-order valence-corrected chi connectivity index (χ4v) is 2.49. The third-order valence-corrected chi connectivity index (χ3v) is 3.74. The predicted octanol–water partition coefficient (Wildman–Crippen LogP) is 1.21. The first-order valence-electron chi connectivity index (χ1n) is 6.99. The van der Waals surface area contributed by atoms with Crippen LogP contribution >= 0.6 is 0 Å². The molecule has 122 valence electrons. The highest BCUT2D eigenvalue weighted by Gasteiger charge is 2.31. The number of carbonyl (C=O) groups excluding carboxylic acids is 1. The molecular weight excluding hydrogens is 297 g/mol. The molecule has 2 heterocycles. The molecule has 0 radical (unpaired) electrons. The van der Waals surface area contributed by atoms with Crippen molar-refractivity contribution in [1.82, 2.24) is 15.2 Å². The molecule has 0 unspecified atom stereocenters. The summed E-state index contributed by atoms with van der Waals surface area (Å²) in [5.74, 6) is 0.129. The van der Waals surface area contributed by atoms with Crippen molar-refractivity contribution < 1.29 is 18.0 Å². The van der Waals surface area contributed by atoms with Crippen molar-refractivity contribution >= 4 is 11.7 Å². The topological polar surface area (TPSA) is 48.5 Å². The summed E-state index contributed by atoms with van der Waals surface area (Å²) < 4.78 is 37.7. The molecule has 1 aromatic rings. The number of carbonyl (C=O) groups is 1. The Morgan fingerprint density at radius 2 is 2.05 bits per heavy atom. The van der Waals surface area contributed by atoms with Gasteiger partial charge >= 0.3 is 6.18 Å². The van der Waals surface area contributed by atoms with Gasteiger partial charge in [0.25, 0.3) is 0 Å². The standard InChI is InChI=1S/C14H19F3N4O/c1-18-13(22)10-8-20(2)5-6-21(9-10)12-4-3-11(7-19-12)14(15,16)17/h3-4,7,10H,5-6,8-9H2,1-2H3,(H,18,22)/t10-/m1/s1. The van der Waals surface area contributed by atoms with E-state index in [9.17, 15) is 18.0 Å². The van der Waals surface area contributed by atoms with Crippen molar-refractivity contribution in [2.45, 2.75) is 6.18 Å². The van der Waals surface area contributed by atoms with Crippen LogP contribution in [-0.4, -0.2) is 56.1 Å². The summed E-state index contributed by atoms with van der Waals surface area (Å²) in [7, 11) is 3.49. The Morgan fingerprint density at radius 1 is 1.32 bits per heavy atom. The molecule has 1 fully saturated rings. The Hall–Kier alpha value is -1.83. The van der Waals surface area contributed by atoms with Gasteiger partial charge in [-0.2, -0.15) is 13.2 Å². The summed E-state index contributed by atoms with van der Waals surface area (Å²) in [6.45, 7) is 2.37. The molecule has 8 heteroatoms. The molecule has 1 aromatic heterocycles. The lowest BCUT2D eigenvalue weighted by molar-refractivity contribution is -0.137. The minimum absolute atomic E-state index is 0.0781. The Morgan fingerprint density at radius 3 is 2.59 bits per heavy atom. The van der Waals surface area contributed by atoms with Gasteiger partial charge in [0.2, 0.25) is 5.91 Å². The minimum atomic E-state index is -4.39. The highest BCUT2D eigenvalue weighted by molar-refractivity contribution is 5.79. The second-order valence-corrected chi connectivity index (χ2v) is 5.42. The van der Waals surface area contributed by atoms with Crippen molar-refractivity contribution in [2.24, 2.45) is 5.92 Å². The molecule has 0 bridgehead atoms. The maximum Gasteiger partial charge on any atom is 0.417 e. The van der Waals surface area contributed by atoms with E-state index in [1.807, 2.05) is 16.8 Å². The van der Waals surface area contributed by atoms with Crippen molar-refractivity contribution in [3.8, 4) is 0 Å². The molecule has 1 aliphatic heterocycles. The molecule has 0 saturated carbocycles. The maximum atomic E-state index is 12.6. The Balaban J connectivity index is 2.17. The summed E-state index contributed by atoms with van der Waals surface area (Å²) in [5, 5.41) is 2.62. The van der Waals surface area contributed by atoms with Crippen LogP contribution in [0.15, 0.2) is 18.3 Å². The number of nitrogens with one attached hydrogen (secondary N) is 1. The number of nitrogens with zero attached hydrogens (tertiary/aromatic N) is 3. The lowest BCUT2D eigenvalue weighted by Gasteiger charge is -2.24. The SMILES string of the molecule is CNC(=O)[C@@H]1CN(C)CCN(c2ccc(C(F)(F)F)cn2)C1. The van der Waals surface area contributed by atoms with Gasteiger partial charge in [0.15, 0.2) is 0 Å². The normalized spacial score (nSPS) is 20.6. The first-order chi connectivity index (χ1) is 10.3. The van der Waals surface area contributed by atoms with Gasteiger partial charge in [0, 0.05) is 39.4 Å². The molecule has 22 heavy (non-hydrogen) atoms. The van der Waals surface area contributed by atoms with Crippen molar-refractivity contribution in [2.75, 3.05) is 45.2 Å². The lowest BCUT2D eigenvalue weighted by Crippen LogP contribution is -2.39. The highest BCUT2D eigenvalue weighted by Crippen LogP contribution is 2.29. The van der Waals surface area contributed by atoms with Gasteiger partial charge in [-0.3, -0.25) is 4.79 Å². The van der Waals surface area contributed by atoms with Gasteiger partial charge in [0.1, 0.15) is 5.82 Å². The van der Waals surface area contributed by atoms with E-state index in [0.717, 1.165) is 18.8 Å². The molecule has 1 saturated heterocycles. The van der Waals surface area contributed by atoms with E-state index in [0.29, 0.717) is 25.5 Å². The molecule has 0 spiro atoms. The summed E-state index contributed by atoms with van der Waals surface area (Å²) in [6, 6.07) is 2.38. The predicted molar refractivity (Wildman–Crippen MR) is 76.5 cm³/mol. The molecular formula is C14H19F3N4O. The molecule has 1 aliphatic rings. The first kappa shape index (κ1) is 16.5. The number of hydrogen-bond acceptors (Lipinski definition) is 4. The highest BCUT2D eigenvalue weighted by atomic mass is 19.4. The van der Waals surface area contributed by atoms with Gasteiger partial charge in [-0.25, -0.2) is 4.98 Å². The molecule has 5 nitrogen and oxygen atoms in total. The third-order valence-electron chi connectivity index (χ3n) is 3.74. The number of halogens is 3. The first-order valence-corrected chi connectivity index (χ1v) is 6.99. The van der Waals surface area contributed by atoms with Crippen LogP contribution < -0.4 is 10.2 Å². The van der Waals surface area contributed by atoms with Crippen LogP contribution in [0.3, 0.4) is 0 Å². The van der Waals surface area contributed by atoms with Crippen LogP contribution in [-0.2, 0) is 11.0 Å². The summed E-state index contributed by atoms with van der Waals surface area (Å²) >= 11 is 0. The van der Waals surface area contributed by atoms with Gasteiger partial charge in [-0.15, -0.1) is 0 Å². The van der Waals surface area contributed by atoms with Crippen molar-refractivity contribution in [3.05, 3.63) is 23.9 Å². The van der Waals surface area contributed by atoms with E-state index in [2.05, 4.69) is 10.3 Å². The summed E-state index contributed by atoms with van der Waals surface area (Å²) in [4.78, 5) is 19.7. The van der Waals surface area contributed by atoms with E-state index in [1.54, 1.807) is 7.05 Å². The fraction of sp³-hybridized carbons (Fsp3) is 0.571. The molecule has 0 aromatic carbocycles. The number of hydrogen-bond donors (Lipinski definition) is 1. The van der Waals surface area contributed by atoms with Gasteiger partial charge in [-0.05, 0) is 19.2 Å². The van der Waals surface area contributed by atoms with E-state index in [-0.39, 0.29) is 11.8 Å². The largest absolute Gasteiger partial charge is 0.417 e. The average molecular weight is 316 g/mol. The number of likely N-dealkylation sites (N-methyl/N-ethyl adjacent to an activating group) is 1. The van der Waals surface area contributed by atoms with E-state index < -0.39 is 11.7 Å². The Bertz CT molecular complexity index is 518. The minimum Gasteiger partial charge on any atom is -0.359 e. The number of pyridine rings is 1. The van der Waals surface area contributed by atoms with Crippen LogP contribution in [0.4, 0.5) is 19.0 Å². The molecule has 2 rings (SSSR count). The number of amides is 1. The molecule has 1 N–H and O–H groups in total. The zero-order valence-corrected chi connectivity index (χ0v) is 12.5. The van der Waals surface area contributed by atoms with Crippen LogP contribution in [0.5, 0.6) is 0 Å². The maximum absolute atomic E-state index is 12.6. The van der Waals surface area contributed by atoms with Crippen molar-refractivity contribution in [3.63, 3.8) is 0 Å². The molecule has 0 aliphatic carbocycles. The van der Waals surface area contributed by atoms with E-state index in [4.69, 9.17) is 0 Å². The summed E-state index contributed by atoms with van der Waals surface area (Å²) in [6.07, 6.45) is -3.56. The zero-order chi connectivity index (χ0) is 16.3. The molecule has 1 atom stereocenters. The third kappa shape index (κ3) is 3.88. The Kier molecular flexibility index (Phi) is 4.90. The van der Waals surface area contributed by atoms with E-state index >= 15 is 0 Å². The zero-order valence-electron chi connectivity index (χ0n) is 12.5. The fourth-order valence-electron chi connectivity index (χ4n) is 2.49. The van der Waals surface area contributed by atoms with Crippen LogP contribution in [0.25, 0.3) is 0 Å². The van der Waals surface area contributed by atoms with Crippen molar-refractivity contribution in [1.29, 1.82) is 0 Å². The van der Waals surface area contributed by atoms with Crippen LogP contribution in [0, 0.1) is 5.92 Å². The number of alkyl halides is 3. The van der Waals surface area contributed by atoms with Crippen LogP contribution in [0.2, 0.25) is 0 Å². The average Bonchev–Trinajstić information content (AvgIpc) is 2.68. The molecule has 1 amide bonds. The number of rotatable bonds is 2. The van der Waals surface area contributed by atoms with Gasteiger partial charge in [0.05, 0.1) is 11.5 Å².